The lowest BCUT2D eigenvalue weighted by Gasteiger charge is -2.07. The van der Waals surface area contributed by atoms with Crippen LogP contribution in [-0.2, 0) is 0 Å². The van der Waals surface area contributed by atoms with Crippen LogP contribution in [0.2, 0.25) is 0 Å². The van der Waals surface area contributed by atoms with Crippen molar-refractivity contribution in [2.24, 2.45) is 0 Å². The first-order chi connectivity index (χ1) is 8.69. The lowest BCUT2D eigenvalue weighted by molar-refractivity contribution is 0.199. The van der Waals surface area contributed by atoms with Crippen molar-refractivity contribution in [3.8, 4) is 5.75 Å². The molecular formula is C15H16O2S. The van der Waals surface area contributed by atoms with Gasteiger partial charge in [-0.2, -0.15) is 0 Å². The van der Waals surface area contributed by atoms with Crippen molar-refractivity contribution in [1.29, 1.82) is 0 Å². The highest BCUT2D eigenvalue weighted by Crippen LogP contribution is 2.30. The van der Waals surface area contributed by atoms with E-state index >= 15 is 0 Å². The molecule has 0 aliphatic heterocycles. The van der Waals surface area contributed by atoms with E-state index in [2.05, 4.69) is 6.07 Å². The first-order valence-electron chi connectivity index (χ1n) is 5.79. The number of aliphatic hydroxyl groups is 1. The summed E-state index contributed by atoms with van der Waals surface area (Å²) in [7, 11) is 1.67. The zero-order chi connectivity index (χ0) is 13.0. The number of ether oxygens (including phenoxy) is 1. The molecular weight excluding hydrogens is 244 g/mol. The Morgan fingerprint density at radius 1 is 1.06 bits per heavy atom. The summed E-state index contributed by atoms with van der Waals surface area (Å²) in [4.78, 5) is 2.28. The SMILES string of the molecule is COc1cccc(Sc2ccc([C@@H](C)O)cc2)c1. The van der Waals surface area contributed by atoms with Gasteiger partial charge in [0.05, 0.1) is 13.2 Å². The molecule has 0 saturated heterocycles. The number of hydrogen-bond acceptors (Lipinski definition) is 3. The molecule has 0 fully saturated rings. The second-order valence-corrected chi connectivity index (χ2v) is 5.17. The monoisotopic (exact) mass is 260 g/mol. The van der Waals surface area contributed by atoms with Crippen molar-refractivity contribution in [3.63, 3.8) is 0 Å². The molecule has 0 bridgehead atoms. The average Bonchev–Trinajstić information content (AvgIpc) is 2.39. The maximum atomic E-state index is 9.45. The van der Waals surface area contributed by atoms with Gasteiger partial charge in [0, 0.05) is 9.79 Å². The molecule has 0 amide bonds. The Hall–Kier alpha value is -1.45. The number of aliphatic hydroxyl groups excluding tert-OH is 1. The molecule has 3 heteroatoms. The van der Waals surface area contributed by atoms with Crippen LogP contribution in [-0.4, -0.2) is 12.2 Å². The van der Waals surface area contributed by atoms with E-state index in [1.807, 2.05) is 42.5 Å². The van der Waals surface area contributed by atoms with Crippen LogP contribution in [0.3, 0.4) is 0 Å². The number of rotatable bonds is 4. The number of benzene rings is 2. The van der Waals surface area contributed by atoms with Crippen LogP contribution in [0, 0.1) is 0 Å². The quantitative estimate of drug-likeness (QED) is 0.904. The Labute approximate surface area is 112 Å². The van der Waals surface area contributed by atoms with Crippen LogP contribution in [0.4, 0.5) is 0 Å². The summed E-state index contributed by atoms with van der Waals surface area (Å²) in [6, 6.07) is 15.9. The second-order valence-electron chi connectivity index (χ2n) is 4.03. The van der Waals surface area contributed by atoms with Crippen molar-refractivity contribution < 1.29 is 9.84 Å². The molecule has 0 unspecified atom stereocenters. The molecule has 0 aliphatic carbocycles. The maximum absolute atomic E-state index is 9.45. The lowest BCUT2D eigenvalue weighted by atomic mass is 10.1. The zero-order valence-electron chi connectivity index (χ0n) is 10.5. The van der Waals surface area contributed by atoms with Crippen LogP contribution in [0.15, 0.2) is 58.3 Å². The highest BCUT2D eigenvalue weighted by Gasteiger charge is 2.02. The van der Waals surface area contributed by atoms with Crippen LogP contribution in [0.1, 0.15) is 18.6 Å². The Morgan fingerprint density at radius 2 is 1.78 bits per heavy atom. The molecule has 0 aromatic heterocycles. The van der Waals surface area contributed by atoms with Crippen LogP contribution < -0.4 is 4.74 Å². The molecule has 94 valence electrons. The molecule has 0 radical (unpaired) electrons. The fraction of sp³-hybridized carbons (Fsp3) is 0.200. The molecule has 0 aliphatic rings. The van der Waals surface area contributed by atoms with E-state index in [9.17, 15) is 5.11 Å². The third-order valence-corrected chi connectivity index (χ3v) is 3.64. The first-order valence-corrected chi connectivity index (χ1v) is 6.60. The maximum Gasteiger partial charge on any atom is 0.119 e. The fourth-order valence-corrected chi connectivity index (χ4v) is 2.48. The largest absolute Gasteiger partial charge is 0.497 e. The average molecular weight is 260 g/mol. The molecule has 18 heavy (non-hydrogen) atoms. The van der Waals surface area contributed by atoms with E-state index in [0.29, 0.717) is 0 Å². The second kappa shape index (κ2) is 5.94. The van der Waals surface area contributed by atoms with Crippen molar-refractivity contribution in [1.82, 2.24) is 0 Å². The molecule has 2 rings (SSSR count). The summed E-state index contributed by atoms with van der Waals surface area (Å²) in [6.45, 7) is 1.77. The third kappa shape index (κ3) is 3.28. The highest BCUT2D eigenvalue weighted by atomic mass is 32.2. The number of methoxy groups -OCH3 is 1. The van der Waals surface area contributed by atoms with E-state index in [1.165, 1.54) is 0 Å². The van der Waals surface area contributed by atoms with Gasteiger partial charge in [0.15, 0.2) is 0 Å². The van der Waals surface area contributed by atoms with E-state index in [-0.39, 0.29) is 0 Å². The van der Waals surface area contributed by atoms with Gasteiger partial charge in [-0.1, -0.05) is 30.0 Å². The summed E-state index contributed by atoms with van der Waals surface area (Å²) in [5.74, 6) is 0.862. The van der Waals surface area contributed by atoms with Crippen molar-refractivity contribution in [2.45, 2.75) is 22.8 Å². The van der Waals surface area contributed by atoms with Gasteiger partial charge in [-0.05, 0) is 42.8 Å². The highest BCUT2D eigenvalue weighted by molar-refractivity contribution is 7.99. The third-order valence-electron chi connectivity index (χ3n) is 2.64. The van der Waals surface area contributed by atoms with Gasteiger partial charge in [-0.3, -0.25) is 0 Å². The van der Waals surface area contributed by atoms with Crippen LogP contribution in [0.5, 0.6) is 5.75 Å². The van der Waals surface area contributed by atoms with E-state index in [1.54, 1.807) is 25.8 Å². The summed E-state index contributed by atoms with van der Waals surface area (Å²) in [6.07, 6.45) is -0.416. The summed E-state index contributed by atoms with van der Waals surface area (Å²) in [5.41, 5.74) is 0.935. The van der Waals surface area contributed by atoms with Gasteiger partial charge in [-0.25, -0.2) is 0 Å². The molecule has 0 heterocycles. The zero-order valence-corrected chi connectivity index (χ0v) is 11.3. The molecule has 2 nitrogen and oxygen atoms in total. The van der Waals surface area contributed by atoms with Gasteiger partial charge in [0.2, 0.25) is 0 Å². The summed E-state index contributed by atoms with van der Waals surface area (Å²) < 4.78 is 5.20. The Morgan fingerprint density at radius 3 is 2.39 bits per heavy atom. The van der Waals surface area contributed by atoms with Crippen molar-refractivity contribution in [2.75, 3.05) is 7.11 Å². The Kier molecular flexibility index (Phi) is 4.28. The lowest BCUT2D eigenvalue weighted by Crippen LogP contribution is -1.89. The van der Waals surface area contributed by atoms with Crippen molar-refractivity contribution >= 4 is 11.8 Å². The fourth-order valence-electron chi connectivity index (χ4n) is 1.62. The molecule has 1 N–H and O–H groups in total. The molecule has 0 saturated carbocycles. The van der Waals surface area contributed by atoms with E-state index < -0.39 is 6.10 Å². The van der Waals surface area contributed by atoms with Gasteiger partial charge < -0.3 is 9.84 Å². The minimum Gasteiger partial charge on any atom is -0.497 e. The minimum atomic E-state index is -0.416. The smallest absolute Gasteiger partial charge is 0.119 e. The Balaban J connectivity index is 2.13. The molecule has 1 atom stereocenters. The van der Waals surface area contributed by atoms with Crippen molar-refractivity contribution in [3.05, 3.63) is 54.1 Å². The van der Waals surface area contributed by atoms with Gasteiger partial charge >= 0.3 is 0 Å². The molecule has 2 aromatic rings. The summed E-state index contributed by atoms with van der Waals surface area (Å²) in [5, 5.41) is 9.45. The topological polar surface area (TPSA) is 29.5 Å². The first kappa shape index (κ1) is 13.0. The Bertz CT molecular complexity index is 506. The van der Waals surface area contributed by atoms with Crippen LogP contribution >= 0.6 is 11.8 Å². The predicted molar refractivity (Wildman–Crippen MR) is 74.2 cm³/mol. The van der Waals surface area contributed by atoms with Gasteiger partial charge in [0.1, 0.15) is 5.75 Å². The van der Waals surface area contributed by atoms with Gasteiger partial charge in [0.25, 0.3) is 0 Å². The summed E-state index contributed by atoms with van der Waals surface area (Å²) >= 11 is 1.68. The van der Waals surface area contributed by atoms with E-state index in [4.69, 9.17) is 4.74 Å². The standard InChI is InChI=1S/C15H16O2S/c1-11(16)12-6-8-14(9-7-12)18-15-5-3-4-13(10-15)17-2/h3-11,16H,1-2H3/t11-/m1/s1. The number of hydrogen-bond donors (Lipinski definition) is 1. The molecule has 0 spiro atoms. The molecule has 2 aromatic carbocycles. The van der Waals surface area contributed by atoms with Gasteiger partial charge in [-0.15, -0.1) is 0 Å². The predicted octanol–water partition coefficient (Wildman–Crippen LogP) is 3.90. The van der Waals surface area contributed by atoms with E-state index in [0.717, 1.165) is 21.1 Å². The van der Waals surface area contributed by atoms with Crippen LogP contribution in [0.25, 0.3) is 0 Å². The normalized spacial score (nSPS) is 12.2. The minimum absolute atomic E-state index is 0.416.